The first kappa shape index (κ1) is 15.7. The Hall–Kier alpha value is -0.650. The average Bonchev–Trinajstić information content (AvgIpc) is 3.28. The Kier molecular flexibility index (Phi) is 5.41. The lowest BCUT2D eigenvalue weighted by Crippen LogP contribution is -2.54. The molecule has 116 valence electrons. The van der Waals surface area contributed by atoms with Gasteiger partial charge in [-0.05, 0) is 32.7 Å². The van der Waals surface area contributed by atoms with Crippen molar-refractivity contribution in [3.8, 4) is 0 Å². The molecule has 0 radical (unpaired) electrons. The Morgan fingerprint density at radius 3 is 2.35 bits per heavy atom. The van der Waals surface area contributed by atoms with Crippen LogP contribution in [0.15, 0.2) is 0 Å². The number of carbonyl (C=O) groups is 1. The molecular weight excluding hydrogens is 254 g/mol. The van der Waals surface area contributed by atoms with E-state index in [1.807, 2.05) is 6.92 Å². The molecule has 2 rings (SSSR count). The minimum Gasteiger partial charge on any atom is -0.468 e. The molecule has 5 heteroatoms. The maximum absolute atomic E-state index is 12.1. The Bertz CT molecular complexity index is 325. The highest BCUT2D eigenvalue weighted by molar-refractivity contribution is 5.80. The van der Waals surface area contributed by atoms with Crippen LogP contribution >= 0.6 is 0 Å². The Labute approximate surface area is 122 Å². The highest BCUT2D eigenvalue weighted by Gasteiger charge is 2.39. The van der Waals surface area contributed by atoms with E-state index in [-0.39, 0.29) is 5.97 Å². The van der Waals surface area contributed by atoms with Crippen molar-refractivity contribution in [1.29, 1.82) is 0 Å². The van der Waals surface area contributed by atoms with Gasteiger partial charge in [-0.15, -0.1) is 0 Å². The molecule has 1 heterocycles. The van der Waals surface area contributed by atoms with Crippen LogP contribution in [-0.2, 0) is 9.53 Å². The smallest absolute Gasteiger partial charge is 0.325 e. The fourth-order valence-electron chi connectivity index (χ4n) is 2.85. The summed E-state index contributed by atoms with van der Waals surface area (Å²) in [5.74, 6) is -0.128. The van der Waals surface area contributed by atoms with Gasteiger partial charge in [-0.1, -0.05) is 6.92 Å². The molecule has 0 bridgehead atoms. The van der Waals surface area contributed by atoms with Crippen molar-refractivity contribution in [2.24, 2.45) is 0 Å². The largest absolute Gasteiger partial charge is 0.468 e. The first-order valence-corrected chi connectivity index (χ1v) is 7.88. The molecule has 2 fully saturated rings. The predicted octanol–water partition coefficient (Wildman–Crippen LogP) is 0.698. The predicted molar refractivity (Wildman–Crippen MR) is 79.7 cm³/mol. The van der Waals surface area contributed by atoms with Crippen LogP contribution in [0.5, 0.6) is 0 Å². The molecule has 1 aliphatic heterocycles. The van der Waals surface area contributed by atoms with Gasteiger partial charge in [0.05, 0.1) is 7.11 Å². The number of likely N-dealkylation sites (N-methyl/N-ethyl adjacent to an activating group) is 1. The van der Waals surface area contributed by atoms with Crippen LogP contribution in [0.1, 0.15) is 33.1 Å². The van der Waals surface area contributed by atoms with Gasteiger partial charge in [-0.3, -0.25) is 10.1 Å². The molecular formula is C15H29N3O2. The van der Waals surface area contributed by atoms with Gasteiger partial charge in [0, 0.05) is 38.8 Å². The second-order valence-electron chi connectivity index (χ2n) is 6.27. The molecule has 2 aliphatic rings. The summed E-state index contributed by atoms with van der Waals surface area (Å²) in [6.45, 7) is 10.8. The second kappa shape index (κ2) is 6.87. The summed E-state index contributed by atoms with van der Waals surface area (Å²) < 4.78 is 4.99. The topological polar surface area (TPSA) is 44.8 Å². The molecule has 0 aromatic heterocycles. The van der Waals surface area contributed by atoms with Gasteiger partial charge < -0.3 is 14.5 Å². The summed E-state index contributed by atoms with van der Waals surface area (Å²) in [5, 5.41) is 3.47. The summed E-state index contributed by atoms with van der Waals surface area (Å²) in [4.78, 5) is 17.0. The van der Waals surface area contributed by atoms with Crippen molar-refractivity contribution < 1.29 is 9.53 Å². The van der Waals surface area contributed by atoms with Crippen molar-refractivity contribution in [3.05, 3.63) is 0 Å². The zero-order chi connectivity index (χ0) is 14.6. The number of nitrogens with one attached hydrogen (secondary N) is 1. The normalized spacial score (nSPS) is 24.4. The van der Waals surface area contributed by atoms with Gasteiger partial charge in [-0.25, -0.2) is 0 Å². The van der Waals surface area contributed by atoms with Crippen LogP contribution in [0.4, 0.5) is 0 Å². The van der Waals surface area contributed by atoms with Crippen molar-refractivity contribution in [3.63, 3.8) is 0 Å². The lowest BCUT2D eigenvalue weighted by Gasteiger charge is -2.36. The average molecular weight is 283 g/mol. The third kappa shape index (κ3) is 4.17. The van der Waals surface area contributed by atoms with Gasteiger partial charge in [0.2, 0.25) is 0 Å². The molecule has 1 saturated heterocycles. The lowest BCUT2D eigenvalue weighted by molar-refractivity contribution is -0.148. The van der Waals surface area contributed by atoms with E-state index in [0.29, 0.717) is 6.04 Å². The Morgan fingerprint density at radius 1 is 1.25 bits per heavy atom. The van der Waals surface area contributed by atoms with E-state index in [2.05, 4.69) is 22.0 Å². The number of nitrogens with zero attached hydrogens (tertiary/aromatic N) is 2. The number of hydrogen-bond acceptors (Lipinski definition) is 5. The maximum atomic E-state index is 12.1. The summed E-state index contributed by atoms with van der Waals surface area (Å²) in [6.07, 6.45) is 3.19. The number of hydrogen-bond donors (Lipinski definition) is 1. The van der Waals surface area contributed by atoms with Crippen molar-refractivity contribution in [2.75, 3.05) is 46.4 Å². The summed E-state index contributed by atoms with van der Waals surface area (Å²) in [6, 6.07) is 0.510. The molecule has 1 unspecified atom stereocenters. The number of rotatable bonds is 7. The van der Waals surface area contributed by atoms with Gasteiger partial charge in [-0.2, -0.15) is 0 Å². The fraction of sp³-hybridized carbons (Fsp3) is 0.933. The van der Waals surface area contributed by atoms with E-state index in [9.17, 15) is 4.79 Å². The number of carbonyl (C=O) groups excluding carboxylic acids is 1. The maximum Gasteiger partial charge on any atom is 0.325 e. The van der Waals surface area contributed by atoms with E-state index in [4.69, 9.17) is 4.74 Å². The second-order valence-corrected chi connectivity index (χ2v) is 6.27. The summed E-state index contributed by atoms with van der Waals surface area (Å²) in [7, 11) is 1.48. The van der Waals surface area contributed by atoms with Gasteiger partial charge in [0.15, 0.2) is 0 Å². The monoisotopic (exact) mass is 283 g/mol. The van der Waals surface area contributed by atoms with E-state index >= 15 is 0 Å². The van der Waals surface area contributed by atoms with E-state index in [1.165, 1.54) is 20.0 Å². The Morgan fingerprint density at radius 2 is 1.85 bits per heavy atom. The molecule has 1 saturated carbocycles. The highest BCUT2D eigenvalue weighted by atomic mass is 16.5. The minimum atomic E-state index is -0.530. The SMILES string of the molecule is CCN1CCN(CCC(C)(NC2CC2)C(=O)OC)CC1. The van der Waals surface area contributed by atoms with Gasteiger partial charge >= 0.3 is 5.97 Å². The van der Waals surface area contributed by atoms with Crippen molar-refractivity contribution in [1.82, 2.24) is 15.1 Å². The molecule has 0 amide bonds. The van der Waals surface area contributed by atoms with Crippen LogP contribution in [0.25, 0.3) is 0 Å². The van der Waals surface area contributed by atoms with Crippen molar-refractivity contribution in [2.45, 2.75) is 44.7 Å². The number of ether oxygens (including phenoxy) is 1. The fourth-order valence-corrected chi connectivity index (χ4v) is 2.85. The zero-order valence-electron chi connectivity index (χ0n) is 13.2. The lowest BCUT2D eigenvalue weighted by atomic mass is 9.97. The summed E-state index contributed by atoms with van der Waals surface area (Å²) >= 11 is 0. The zero-order valence-corrected chi connectivity index (χ0v) is 13.2. The van der Waals surface area contributed by atoms with E-state index < -0.39 is 5.54 Å². The Balaban J connectivity index is 1.81. The van der Waals surface area contributed by atoms with Crippen LogP contribution < -0.4 is 5.32 Å². The number of esters is 1. The molecule has 1 N–H and O–H groups in total. The minimum absolute atomic E-state index is 0.128. The molecule has 1 aliphatic carbocycles. The summed E-state index contributed by atoms with van der Waals surface area (Å²) in [5.41, 5.74) is -0.530. The molecule has 20 heavy (non-hydrogen) atoms. The van der Waals surface area contributed by atoms with Gasteiger partial charge in [0.1, 0.15) is 5.54 Å². The molecule has 5 nitrogen and oxygen atoms in total. The molecule has 0 spiro atoms. The molecule has 0 aromatic rings. The molecule has 1 atom stereocenters. The first-order chi connectivity index (χ1) is 9.57. The first-order valence-electron chi connectivity index (χ1n) is 7.88. The van der Waals surface area contributed by atoms with Crippen molar-refractivity contribution >= 4 is 5.97 Å². The molecule has 0 aromatic carbocycles. The quantitative estimate of drug-likeness (QED) is 0.697. The number of piperazine rings is 1. The third-order valence-corrected chi connectivity index (χ3v) is 4.58. The third-order valence-electron chi connectivity index (χ3n) is 4.58. The van der Waals surface area contributed by atoms with Crippen LogP contribution in [-0.4, -0.2) is 73.7 Å². The van der Waals surface area contributed by atoms with Crippen LogP contribution in [0.2, 0.25) is 0 Å². The highest BCUT2D eigenvalue weighted by Crippen LogP contribution is 2.25. The van der Waals surface area contributed by atoms with Crippen LogP contribution in [0, 0.1) is 0 Å². The van der Waals surface area contributed by atoms with E-state index in [0.717, 1.165) is 45.7 Å². The van der Waals surface area contributed by atoms with Crippen LogP contribution in [0.3, 0.4) is 0 Å². The standard InChI is InChI=1S/C15H29N3O2/c1-4-17-9-11-18(12-10-17)8-7-15(2,14(19)20-3)16-13-5-6-13/h13,16H,4-12H2,1-3H3. The van der Waals surface area contributed by atoms with E-state index in [1.54, 1.807) is 0 Å². The number of methoxy groups -OCH3 is 1. The van der Waals surface area contributed by atoms with Gasteiger partial charge in [0.25, 0.3) is 0 Å².